The van der Waals surface area contributed by atoms with Gasteiger partial charge in [0.2, 0.25) is 0 Å². The van der Waals surface area contributed by atoms with Crippen LogP contribution in [0.2, 0.25) is 0 Å². The molecule has 1 unspecified atom stereocenters. The molecular weight excluding hydrogens is 180 g/mol. The summed E-state index contributed by atoms with van der Waals surface area (Å²) in [5.41, 5.74) is 5.50. The highest BCUT2D eigenvalue weighted by Gasteiger charge is 2.19. The molecule has 0 bridgehead atoms. The van der Waals surface area contributed by atoms with Gasteiger partial charge in [0, 0.05) is 19.0 Å². The van der Waals surface area contributed by atoms with Crippen LogP contribution in [0.4, 0.5) is 0 Å². The lowest BCUT2D eigenvalue weighted by Gasteiger charge is -2.35. The van der Waals surface area contributed by atoms with Crippen LogP contribution in [-0.2, 0) is 0 Å². The van der Waals surface area contributed by atoms with Crippen LogP contribution >= 0.6 is 12.2 Å². The molecule has 2 N–H and O–H groups in total. The summed E-state index contributed by atoms with van der Waals surface area (Å²) in [6, 6.07) is 0.781. The largest absolute Gasteiger partial charge is 0.393 e. The molecule has 1 heterocycles. The molecule has 0 saturated carbocycles. The van der Waals surface area contributed by atoms with E-state index in [0.717, 1.165) is 19.0 Å². The van der Waals surface area contributed by atoms with E-state index in [1.807, 2.05) is 0 Å². The Bertz CT molecular complexity index is 170. The fourth-order valence-electron chi connectivity index (χ4n) is 2.07. The summed E-state index contributed by atoms with van der Waals surface area (Å²) in [6.07, 6.45) is 6.23. The summed E-state index contributed by atoms with van der Waals surface area (Å²) in [4.78, 5) is 3.20. The monoisotopic (exact) mass is 200 g/mol. The zero-order chi connectivity index (χ0) is 9.68. The molecule has 1 fully saturated rings. The van der Waals surface area contributed by atoms with Gasteiger partial charge in [-0.25, -0.2) is 0 Å². The van der Waals surface area contributed by atoms with Crippen LogP contribution in [0.25, 0.3) is 0 Å². The molecule has 0 aliphatic carbocycles. The Hall–Kier alpha value is -0.150. The van der Waals surface area contributed by atoms with Crippen LogP contribution in [0.5, 0.6) is 0 Å². The van der Waals surface area contributed by atoms with Crippen molar-refractivity contribution in [3.8, 4) is 0 Å². The molecule has 1 atom stereocenters. The van der Waals surface area contributed by atoms with Gasteiger partial charge < -0.3 is 5.73 Å². The number of likely N-dealkylation sites (tertiary alicyclic amines) is 1. The van der Waals surface area contributed by atoms with Gasteiger partial charge in [-0.2, -0.15) is 0 Å². The second kappa shape index (κ2) is 5.55. The van der Waals surface area contributed by atoms with E-state index in [-0.39, 0.29) is 0 Å². The average Bonchev–Trinajstić information content (AvgIpc) is 2.15. The number of piperidine rings is 1. The maximum atomic E-state index is 5.50. The third-order valence-electron chi connectivity index (χ3n) is 2.87. The molecule has 2 nitrogen and oxygen atoms in total. The topological polar surface area (TPSA) is 29.3 Å². The standard InChI is InChI=1S/C10H20N2S/c1-2-9-5-3-4-7-12(9)8-6-10(11)13/h9H,2-8H2,1H3,(H2,11,13). The van der Waals surface area contributed by atoms with Crippen molar-refractivity contribution in [2.24, 2.45) is 5.73 Å². The lowest BCUT2D eigenvalue weighted by atomic mass is 10.00. The van der Waals surface area contributed by atoms with Crippen molar-refractivity contribution >= 4 is 17.2 Å². The molecule has 0 aromatic rings. The van der Waals surface area contributed by atoms with Gasteiger partial charge in [0.05, 0.1) is 4.99 Å². The predicted octanol–water partition coefficient (Wildman–Crippen LogP) is 1.93. The van der Waals surface area contributed by atoms with Crippen molar-refractivity contribution in [1.82, 2.24) is 4.90 Å². The van der Waals surface area contributed by atoms with E-state index >= 15 is 0 Å². The Kier molecular flexibility index (Phi) is 4.67. The first-order chi connectivity index (χ1) is 6.24. The van der Waals surface area contributed by atoms with Crippen LogP contribution in [0.1, 0.15) is 39.0 Å². The number of hydrogen-bond donors (Lipinski definition) is 1. The lowest BCUT2D eigenvalue weighted by Crippen LogP contribution is -2.40. The first kappa shape index (κ1) is 10.9. The lowest BCUT2D eigenvalue weighted by molar-refractivity contribution is 0.148. The van der Waals surface area contributed by atoms with E-state index in [4.69, 9.17) is 18.0 Å². The smallest absolute Gasteiger partial charge is 0.0740 e. The summed E-state index contributed by atoms with van der Waals surface area (Å²) >= 11 is 4.89. The van der Waals surface area contributed by atoms with E-state index in [9.17, 15) is 0 Å². The van der Waals surface area contributed by atoms with Crippen molar-refractivity contribution in [1.29, 1.82) is 0 Å². The first-order valence-electron chi connectivity index (χ1n) is 5.26. The van der Waals surface area contributed by atoms with Gasteiger partial charge in [0.15, 0.2) is 0 Å². The maximum Gasteiger partial charge on any atom is 0.0740 e. The number of hydrogen-bond acceptors (Lipinski definition) is 2. The van der Waals surface area contributed by atoms with Crippen molar-refractivity contribution in [2.75, 3.05) is 13.1 Å². The molecular formula is C10H20N2S. The van der Waals surface area contributed by atoms with Crippen molar-refractivity contribution < 1.29 is 0 Å². The Morgan fingerprint density at radius 2 is 2.31 bits per heavy atom. The highest BCUT2D eigenvalue weighted by molar-refractivity contribution is 7.80. The van der Waals surface area contributed by atoms with E-state index in [1.54, 1.807) is 0 Å². The van der Waals surface area contributed by atoms with Gasteiger partial charge in [0.1, 0.15) is 0 Å². The van der Waals surface area contributed by atoms with Crippen LogP contribution in [0.3, 0.4) is 0 Å². The summed E-state index contributed by atoms with van der Waals surface area (Å²) in [5, 5.41) is 0. The van der Waals surface area contributed by atoms with Gasteiger partial charge in [0.25, 0.3) is 0 Å². The minimum atomic E-state index is 0.653. The Labute approximate surface area is 86.5 Å². The van der Waals surface area contributed by atoms with Crippen molar-refractivity contribution in [3.63, 3.8) is 0 Å². The molecule has 1 aliphatic rings. The van der Waals surface area contributed by atoms with E-state index < -0.39 is 0 Å². The highest BCUT2D eigenvalue weighted by Crippen LogP contribution is 2.19. The quantitative estimate of drug-likeness (QED) is 0.703. The van der Waals surface area contributed by atoms with Crippen molar-refractivity contribution in [3.05, 3.63) is 0 Å². The van der Waals surface area contributed by atoms with Gasteiger partial charge in [-0.15, -0.1) is 0 Å². The van der Waals surface area contributed by atoms with Crippen LogP contribution in [0, 0.1) is 0 Å². The third kappa shape index (κ3) is 3.61. The Morgan fingerprint density at radius 3 is 2.92 bits per heavy atom. The molecule has 1 aliphatic heterocycles. The van der Waals surface area contributed by atoms with Crippen LogP contribution < -0.4 is 5.73 Å². The fraction of sp³-hybridized carbons (Fsp3) is 0.900. The molecule has 0 radical (unpaired) electrons. The van der Waals surface area contributed by atoms with Crippen molar-refractivity contribution in [2.45, 2.75) is 45.1 Å². The number of rotatable bonds is 4. The normalized spacial score (nSPS) is 24.5. The fourth-order valence-corrected chi connectivity index (χ4v) is 2.16. The maximum absolute atomic E-state index is 5.50. The second-order valence-electron chi connectivity index (χ2n) is 3.81. The number of nitrogens with zero attached hydrogens (tertiary/aromatic N) is 1. The SMILES string of the molecule is CCC1CCCCN1CCC(N)=S. The molecule has 13 heavy (non-hydrogen) atoms. The van der Waals surface area contributed by atoms with Gasteiger partial charge in [-0.1, -0.05) is 25.6 Å². The molecule has 0 aromatic carbocycles. The van der Waals surface area contributed by atoms with Crippen LogP contribution in [-0.4, -0.2) is 29.0 Å². The zero-order valence-electron chi connectivity index (χ0n) is 8.46. The zero-order valence-corrected chi connectivity index (χ0v) is 9.28. The summed E-state index contributed by atoms with van der Waals surface area (Å²) in [5.74, 6) is 0. The molecule has 3 heteroatoms. The van der Waals surface area contributed by atoms with E-state index in [2.05, 4.69) is 11.8 Å². The summed E-state index contributed by atoms with van der Waals surface area (Å²) in [7, 11) is 0. The molecule has 76 valence electrons. The van der Waals surface area contributed by atoms with E-state index in [0.29, 0.717) is 4.99 Å². The molecule has 0 spiro atoms. The summed E-state index contributed by atoms with van der Waals surface area (Å²) < 4.78 is 0. The third-order valence-corrected chi connectivity index (χ3v) is 3.07. The molecule has 1 rings (SSSR count). The Balaban J connectivity index is 2.31. The van der Waals surface area contributed by atoms with Crippen LogP contribution in [0.15, 0.2) is 0 Å². The second-order valence-corrected chi connectivity index (χ2v) is 4.33. The Morgan fingerprint density at radius 1 is 1.54 bits per heavy atom. The minimum Gasteiger partial charge on any atom is -0.393 e. The molecule has 1 saturated heterocycles. The highest BCUT2D eigenvalue weighted by atomic mass is 32.1. The predicted molar refractivity (Wildman–Crippen MR) is 60.9 cm³/mol. The average molecular weight is 200 g/mol. The van der Waals surface area contributed by atoms with E-state index in [1.165, 1.54) is 32.2 Å². The first-order valence-corrected chi connectivity index (χ1v) is 5.67. The minimum absolute atomic E-state index is 0.653. The van der Waals surface area contributed by atoms with Gasteiger partial charge in [-0.3, -0.25) is 4.90 Å². The van der Waals surface area contributed by atoms with Gasteiger partial charge in [-0.05, 0) is 25.8 Å². The number of thiocarbonyl (C=S) groups is 1. The molecule has 0 amide bonds. The number of nitrogens with two attached hydrogens (primary N) is 1. The summed E-state index contributed by atoms with van der Waals surface area (Å²) in [6.45, 7) is 4.57. The van der Waals surface area contributed by atoms with Gasteiger partial charge >= 0.3 is 0 Å². The molecule has 0 aromatic heterocycles.